The molecule has 1 aliphatic heterocycles. The van der Waals surface area contributed by atoms with Crippen molar-refractivity contribution in [1.82, 2.24) is 9.80 Å². The van der Waals surface area contributed by atoms with Crippen molar-refractivity contribution >= 4 is 35.1 Å². The third-order valence-corrected chi connectivity index (χ3v) is 5.00. The molecule has 1 N–H and O–H groups in total. The fourth-order valence-electron chi connectivity index (χ4n) is 3.55. The van der Waals surface area contributed by atoms with E-state index < -0.39 is 35.2 Å². The molecule has 1 heterocycles. The van der Waals surface area contributed by atoms with E-state index in [0.29, 0.717) is 17.7 Å². The summed E-state index contributed by atoms with van der Waals surface area (Å²) in [6.45, 7) is -0.646. The summed E-state index contributed by atoms with van der Waals surface area (Å²) >= 11 is 0. The molecule has 1 aromatic carbocycles. The maximum Gasteiger partial charge on any atom is 0.334 e. The molecule has 3 rings (SSSR count). The van der Waals surface area contributed by atoms with Gasteiger partial charge in [-0.1, -0.05) is 19.3 Å². The molecule has 11 nitrogen and oxygen atoms in total. The molecular weight excluding hydrogens is 384 g/mol. The van der Waals surface area contributed by atoms with Gasteiger partial charge in [0.25, 0.3) is 5.69 Å². The largest absolute Gasteiger partial charge is 0.494 e. The maximum absolute atomic E-state index is 12.6. The summed E-state index contributed by atoms with van der Waals surface area (Å²) in [5, 5.41) is 13.3. The Balaban J connectivity index is 1.70. The number of anilines is 1. The second kappa shape index (κ2) is 8.25. The molecule has 5 amide bonds. The van der Waals surface area contributed by atoms with Crippen LogP contribution in [0.1, 0.15) is 32.1 Å². The van der Waals surface area contributed by atoms with Gasteiger partial charge in [0.05, 0.1) is 23.8 Å². The zero-order valence-electron chi connectivity index (χ0n) is 15.8. The van der Waals surface area contributed by atoms with Crippen molar-refractivity contribution < 1.29 is 28.8 Å². The number of urea groups is 1. The van der Waals surface area contributed by atoms with Crippen LogP contribution in [0.4, 0.5) is 16.2 Å². The minimum Gasteiger partial charge on any atom is -0.494 e. The number of carbonyl (C=O) groups is 4. The summed E-state index contributed by atoms with van der Waals surface area (Å²) in [5.74, 6) is -2.64. The highest BCUT2D eigenvalue weighted by Crippen LogP contribution is 2.30. The quantitative estimate of drug-likeness (QED) is 0.329. The fourth-order valence-corrected chi connectivity index (χ4v) is 3.55. The van der Waals surface area contributed by atoms with Gasteiger partial charge in [-0.05, 0) is 18.9 Å². The molecule has 0 aromatic heterocycles. The molecule has 1 aromatic rings. The van der Waals surface area contributed by atoms with E-state index >= 15 is 0 Å². The number of methoxy groups -OCH3 is 1. The number of ether oxygens (including phenoxy) is 1. The van der Waals surface area contributed by atoms with Crippen LogP contribution in [0.5, 0.6) is 5.75 Å². The molecule has 1 saturated heterocycles. The Morgan fingerprint density at radius 3 is 2.52 bits per heavy atom. The van der Waals surface area contributed by atoms with Gasteiger partial charge in [-0.15, -0.1) is 0 Å². The van der Waals surface area contributed by atoms with Crippen molar-refractivity contribution in [2.75, 3.05) is 19.0 Å². The van der Waals surface area contributed by atoms with Crippen LogP contribution in [0, 0.1) is 10.1 Å². The van der Waals surface area contributed by atoms with Crippen molar-refractivity contribution in [1.29, 1.82) is 0 Å². The second-order valence-corrected chi connectivity index (χ2v) is 6.83. The zero-order valence-corrected chi connectivity index (χ0v) is 15.8. The van der Waals surface area contributed by atoms with Crippen molar-refractivity contribution in [2.24, 2.45) is 0 Å². The first kappa shape index (κ1) is 20.2. The number of rotatable bonds is 6. The molecule has 29 heavy (non-hydrogen) atoms. The van der Waals surface area contributed by atoms with Crippen molar-refractivity contribution in [2.45, 2.75) is 38.1 Å². The van der Waals surface area contributed by atoms with Crippen LogP contribution in [0.2, 0.25) is 0 Å². The highest BCUT2D eigenvalue weighted by Gasteiger charge is 2.48. The SMILES string of the molecule is COc1cc([N+](=O)[O-])ccc1NC(=O)CN1C(=O)C(=O)N(C2CCCCC2)C1=O. The van der Waals surface area contributed by atoms with Crippen molar-refractivity contribution in [3.63, 3.8) is 0 Å². The third-order valence-electron chi connectivity index (χ3n) is 5.00. The van der Waals surface area contributed by atoms with E-state index in [0.717, 1.165) is 30.2 Å². The van der Waals surface area contributed by atoms with Crippen LogP contribution in [0.15, 0.2) is 18.2 Å². The molecule has 11 heteroatoms. The van der Waals surface area contributed by atoms with Crippen LogP contribution >= 0.6 is 0 Å². The minimum atomic E-state index is -1.04. The van der Waals surface area contributed by atoms with E-state index in [9.17, 15) is 29.3 Å². The lowest BCUT2D eigenvalue weighted by Gasteiger charge is -2.28. The maximum atomic E-state index is 12.6. The average Bonchev–Trinajstić information content (AvgIpc) is 2.92. The van der Waals surface area contributed by atoms with Gasteiger partial charge in [0.1, 0.15) is 12.3 Å². The van der Waals surface area contributed by atoms with Crippen LogP contribution in [-0.4, -0.2) is 58.2 Å². The van der Waals surface area contributed by atoms with E-state index in [1.54, 1.807) is 0 Å². The van der Waals surface area contributed by atoms with Crippen molar-refractivity contribution in [3.8, 4) is 5.75 Å². The van der Waals surface area contributed by atoms with E-state index in [2.05, 4.69) is 5.32 Å². The molecule has 1 aliphatic carbocycles. The fraction of sp³-hybridized carbons (Fsp3) is 0.444. The van der Waals surface area contributed by atoms with Gasteiger partial charge >= 0.3 is 17.8 Å². The summed E-state index contributed by atoms with van der Waals surface area (Å²) in [6, 6.07) is 2.48. The predicted molar refractivity (Wildman–Crippen MR) is 99.1 cm³/mol. The summed E-state index contributed by atoms with van der Waals surface area (Å²) in [7, 11) is 1.28. The number of hydrogen-bond acceptors (Lipinski definition) is 7. The number of non-ortho nitro benzene ring substituents is 1. The lowest BCUT2D eigenvalue weighted by Crippen LogP contribution is -2.43. The summed E-state index contributed by atoms with van der Waals surface area (Å²) in [5.41, 5.74) is -0.0869. The first-order chi connectivity index (χ1) is 13.8. The van der Waals surface area contributed by atoms with E-state index in [4.69, 9.17) is 4.74 Å². The lowest BCUT2D eigenvalue weighted by atomic mass is 9.94. The Labute approximate surface area is 165 Å². The smallest absolute Gasteiger partial charge is 0.334 e. The van der Waals surface area contributed by atoms with Crippen LogP contribution in [0.25, 0.3) is 0 Å². The van der Waals surface area contributed by atoms with E-state index in [1.165, 1.54) is 19.2 Å². The van der Waals surface area contributed by atoms with Crippen molar-refractivity contribution in [3.05, 3.63) is 28.3 Å². The Morgan fingerprint density at radius 2 is 1.90 bits per heavy atom. The Bertz CT molecular complexity index is 879. The lowest BCUT2D eigenvalue weighted by molar-refractivity contribution is -0.384. The Hall–Kier alpha value is -3.50. The summed E-state index contributed by atoms with van der Waals surface area (Å²) in [4.78, 5) is 61.3. The van der Waals surface area contributed by atoms with Gasteiger partial charge in [-0.2, -0.15) is 0 Å². The van der Waals surface area contributed by atoms with Crippen LogP contribution < -0.4 is 10.1 Å². The summed E-state index contributed by atoms with van der Waals surface area (Å²) in [6.07, 6.45) is 4.05. The molecule has 1 saturated carbocycles. The molecule has 0 radical (unpaired) electrons. The molecule has 2 aliphatic rings. The molecule has 0 atom stereocenters. The van der Waals surface area contributed by atoms with Gasteiger partial charge in [-0.3, -0.25) is 29.4 Å². The van der Waals surface area contributed by atoms with Gasteiger partial charge in [0.2, 0.25) is 5.91 Å². The average molecular weight is 404 g/mol. The van der Waals surface area contributed by atoms with Gasteiger partial charge in [0, 0.05) is 12.1 Å². The van der Waals surface area contributed by atoms with Gasteiger partial charge < -0.3 is 10.1 Å². The number of imide groups is 2. The number of nitro benzene ring substituents is 1. The molecule has 154 valence electrons. The zero-order chi connectivity index (χ0) is 21.1. The number of nitrogens with zero attached hydrogens (tertiary/aromatic N) is 3. The molecule has 0 bridgehead atoms. The molecular formula is C18H20N4O7. The van der Waals surface area contributed by atoms with Crippen LogP contribution in [0.3, 0.4) is 0 Å². The highest BCUT2D eigenvalue weighted by molar-refractivity contribution is 6.45. The van der Waals surface area contributed by atoms with E-state index in [-0.39, 0.29) is 23.2 Å². The number of hydrogen-bond donors (Lipinski definition) is 1. The number of nitrogens with one attached hydrogen (secondary N) is 1. The Morgan fingerprint density at radius 1 is 1.21 bits per heavy atom. The number of nitro groups is 1. The van der Waals surface area contributed by atoms with E-state index in [1.807, 2.05) is 0 Å². The van der Waals surface area contributed by atoms with Gasteiger partial charge in [0.15, 0.2) is 0 Å². The normalized spacial score (nSPS) is 17.6. The third kappa shape index (κ3) is 4.03. The standard InChI is InChI=1S/C18H20N4O7/c1-29-14-9-12(22(27)28)7-8-13(14)19-15(23)10-20-16(24)17(25)21(18(20)26)11-5-3-2-4-6-11/h7-9,11H,2-6,10H2,1H3,(H,19,23). The first-order valence-electron chi connectivity index (χ1n) is 9.14. The first-order valence-corrected chi connectivity index (χ1v) is 9.14. The van der Waals surface area contributed by atoms with Crippen LogP contribution in [-0.2, 0) is 14.4 Å². The topological polar surface area (TPSA) is 139 Å². The predicted octanol–water partition coefficient (Wildman–Crippen LogP) is 1.67. The number of benzene rings is 1. The second-order valence-electron chi connectivity index (χ2n) is 6.83. The molecule has 2 fully saturated rings. The van der Waals surface area contributed by atoms with Gasteiger partial charge in [-0.25, -0.2) is 9.69 Å². The minimum absolute atomic E-state index is 0.0477. The highest BCUT2D eigenvalue weighted by atomic mass is 16.6. The number of carbonyl (C=O) groups excluding carboxylic acids is 4. The molecule has 0 spiro atoms. The summed E-state index contributed by atoms with van der Waals surface area (Å²) < 4.78 is 5.03. The molecule has 0 unspecified atom stereocenters. The monoisotopic (exact) mass is 404 g/mol. The number of amides is 5. The Kier molecular flexibility index (Phi) is 5.76.